The van der Waals surface area contributed by atoms with Crippen molar-refractivity contribution in [1.82, 2.24) is 0 Å². The maximum atomic E-state index is 10.4. The van der Waals surface area contributed by atoms with Crippen molar-refractivity contribution in [1.29, 1.82) is 0 Å². The largest absolute Gasteiger partial charge is 1.00 e. The summed E-state index contributed by atoms with van der Waals surface area (Å²) < 4.78 is 19.8. The average molecular weight is 358 g/mol. The van der Waals surface area contributed by atoms with Gasteiger partial charge in [-0.2, -0.15) is 0 Å². The summed E-state index contributed by atoms with van der Waals surface area (Å²) >= 11 is 0. The second-order valence-electron chi connectivity index (χ2n) is 4.92. The third-order valence-electron chi connectivity index (χ3n) is 3.30. The Balaban J connectivity index is 0. The van der Waals surface area contributed by atoms with E-state index in [1.54, 1.807) is 0 Å². The van der Waals surface area contributed by atoms with Crippen molar-refractivity contribution in [3.8, 4) is 0 Å². The Morgan fingerprint density at radius 2 is 1.59 bits per heavy atom. The molecule has 0 amide bonds. The minimum Gasteiger partial charge on any atom is -0.790 e. The van der Waals surface area contributed by atoms with E-state index in [1.807, 2.05) is 6.92 Å². The van der Waals surface area contributed by atoms with Crippen molar-refractivity contribution in [2.75, 3.05) is 6.61 Å². The maximum absolute atomic E-state index is 10.4. The van der Waals surface area contributed by atoms with E-state index in [0.717, 1.165) is 19.3 Å². The molecule has 0 aromatic carbocycles. The Morgan fingerprint density at radius 1 is 1.05 bits per heavy atom. The standard InChI is InChI=1S/C11H23O8P.2Na/c1-2-3-4-5-7-9(12)11(14)10(13)8(19-7)6-18-20(15,16)17;;/h7-14H,2-6H2,1H3,(H2,15,16,17);;/q;2*+1/p-2. The summed E-state index contributed by atoms with van der Waals surface area (Å²) in [5, 5.41) is 29.2. The van der Waals surface area contributed by atoms with Crippen LogP contribution in [0.5, 0.6) is 0 Å². The first kappa shape index (κ1) is 26.2. The molecule has 0 spiro atoms. The number of phosphoric acid groups is 1. The van der Waals surface area contributed by atoms with Crippen molar-refractivity contribution in [2.45, 2.75) is 63.1 Å². The van der Waals surface area contributed by atoms with E-state index in [2.05, 4.69) is 4.52 Å². The van der Waals surface area contributed by atoms with Gasteiger partial charge in [0.15, 0.2) is 0 Å². The quantitative estimate of drug-likeness (QED) is 0.231. The Labute approximate surface area is 174 Å². The van der Waals surface area contributed by atoms with Gasteiger partial charge in [-0.1, -0.05) is 26.2 Å². The summed E-state index contributed by atoms with van der Waals surface area (Å²) in [6.45, 7) is 1.33. The van der Waals surface area contributed by atoms with Gasteiger partial charge in [-0.15, -0.1) is 0 Å². The molecule has 1 saturated heterocycles. The molecule has 5 unspecified atom stereocenters. The van der Waals surface area contributed by atoms with Crippen LogP contribution in [0.25, 0.3) is 0 Å². The fourth-order valence-corrected chi connectivity index (χ4v) is 2.49. The van der Waals surface area contributed by atoms with Crippen molar-refractivity contribution in [2.24, 2.45) is 0 Å². The molecule has 0 aromatic rings. The first-order valence-electron chi connectivity index (χ1n) is 6.62. The van der Waals surface area contributed by atoms with Gasteiger partial charge in [0, 0.05) is 0 Å². The van der Waals surface area contributed by atoms with Crippen LogP contribution in [0.4, 0.5) is 0 Å². The fraction of sp³-hybridized carbons (Fsp3) is 1.00. The number of aliphatic hydroxyl groups is 3. The fourth-order valence-electron chi connectivity index (χ4n) is 2.16. The maximum Gasteiger partial charge on any atom is 1.00 e. The van der Waals surface area contributed by atoms with Crippen LogP contribution in [-0.4, -0.2) is 52.4 Å². The SMILES string of the molecule is CCCCCC1OC(COP(=O)([O-])[O-])C(O)C(O)C1O.[Na+].[Na+]. The van der Waals surface area contributed by atoms with E-state index in [4.69, 9.17) is 4.74 Å². The van der Waals surface area contributed by atoms with Crippen LogP contribution < -0.4 is 68.9 Å². The number of hydrogen-bond acceptors (Lipinski definition) is 8. The van der Waals surface area contributed by atoms with Gasteiger partial charge in [0.25, 0.3) is 0 Å². The average Bonchev–Trinajstić information content (AvgIpc) is 2.36. The first-order chi connectivity index (χ1) is 9.26. The molecule has 0 radical (unpaired) electrons. The zero-order chi connectivity index (χ0) is 15.3. The van der Waals surface area contributed by atoms with Crippen LogP contribution in [0.3, 0.4) is 0 Å². The smallest absolute Gasteiger partial charge is 0.790 e. The molecular formula is C11H21Na2O8P. The number of ether oxygens (including phenoxy) is 1. The van der Waals surface area contributed by atoms with E-state index in [-0.39, 0.29) is 59.1 Å². The number of phosphoric ester groups is 1. The zero-order valence-electron chi connectivity index (χ0n) is 13.3. The van der Waals surface area contributed by atoms with E-state index in [1.165, 1.54) is 0 Å². The molecule has 8 nitrogen and oxygen atoms in total. The molecule has 1 rings (SSSR count). The van der Waals surface area contributed by atoms with Crippen molar-refractivity contribution < 1.29 is 98.0 Å². The predicted molar refractivity (Wildman–Crippen MR) is 64.4 cm³/mol. The van der Waals surface area contributed by atoms with E-state index >= 15 is 0 Å². The molecular weight excluding hydrogens is 337 g/mol. The minimum absolute atomic E-state index is 0. The molecule has 120 valence electrons. The second-order valence-corrected chi connectivity index (χ2v) is 6.08. The molecule has 22 heavy (non-hydrogen) atoms. The molecule has 0 saturated carbocycles. The Morgan fingerprint density at radius 3 is 2.09 bits per heavy atom. The van der Waals surface area contributed by atoms with Gasteiger partial charge in [-0.3, -0.25) is 0 Å². The molecule has 5 atom stereocenters. The van der Waals surface area contributed by atoms with Gasteiger partial charge >= 0.3 is 59.1 Å². The number of aliphatic hydroxyl groups excluding tert-OH is 3. The van der Waals surface area contributed by atoms with E-state index in [0.29, 0.717) is 6.42 Å². The Hall–Kier alpha value is 1.95. The van der Waals surface area contributed by atoms with Gasteiger partial charge in [0.05, 0.1) is 20.5 Å². The van der Waals surface area contributed by atoms with E-state index < -0.39 is 44.9 Å². The van der Waals surface area contributed by atoms with Gasteiger partial charge in [0.2, 0.25) is 0 Å². The molecule has 1 fully saturated rings. The van der Waals surface area contributed by atoms with Gasteiger partial charge in [0.1, 0.15) is 24.4 Å². The zero-order valence-corrected chi connectivity index (χ0v) is 18.1. The number of rotatable bonds is 7. The van der Waals surface area contributed by atoms with Gasteiger partial charge < -0.3 is 38.9 Å². The summed E-state index contributed by atoms with van der Waals surface area (Å²) in [4.78, 5) is 20.8. The number of unbranched alkanes of at least 4 members (excludes halogenated alkanes) is 2. The summed E-state index contributed by atoms with van der Waals surface area (Å²) in [7, 11) is -5.17. The molecule has 1 heterocycles. The van der Waals surface area contributed by atoms with Crippen LogP contribution in [0.15, 0.2) is 0 Å². The van der Waals surface area contributed by atoms with Crippen molar-refractivity contribution in [3.63, 3.8) is 0 Å². The molecule has 0 aromatic heterocycles. The molecule has 0 bridgehead atoms. The summed E-state index contributed by atoms with van der Waals surface area (Å²) in [6.07, 6.45) is -3.04. The molecule has 1 aliphatic heterocycles. The molecule has 0 aliphatic carbocycles. The number of hydrogen-bond donors (Lipinski definition) is 3. The first-order valence-corrected chi connectivity index (χ1v) is 8.08. The Kier molecular flexibility index (Phi) is 14.7. The predicted octanol–water partition coefficient (Wildman–Crippen LogP) is -7.73. The van der Waals surface area contributed by atoms with Crippen LogP contribution in [0, 0.1) is 0 Å². The van der Waals surface area contributed by atoms with Crippen LogP contribution >= 0.6 is 7.82 Å². The van der Waals surface area contributed by atoms with Crippen LogP contribution in [0.1, 0.15) is 32.6 Å². The normalized spacial score (nSPS) is 32.0. The third-order valence-corrected chi connectivity index (χ3v) is 3.77. The van der Waals surface area contributed by atoms with Crippen molar-refractivity contribution >= 4 is 7.82 Å². The van der Waals surface area contributed by atoms with Gasteiger partial charge in [-0.25, -0.2) is 0 Å². The molecule has 11 heteroatoms. The van der Waals surface area contributed by atoms with Crippen molar-refractivity contribution in [3.05, 3.63) is 0 Å². The van der Waals surface area contributed by atoms with Gasteiger partial charge in [-0.05, 0) is 6.42 Å². The third kappa shape index (κ3) is 8.87. The Bertz CT molecular complexity index is 342. The van der Waals surface area contributed by atoms with E-state index in [9.17, 15) is 29.7 Å². The summed E-state index contributed by atoms with van der Waals surface area (Å²) in [6, 6.07) is 0. The van der Waals surface area contributed by atoms with Crippen LogP contribution in [0.2, 0.25) is 0 Å². The summed E-state index contributed by atoms with van der Waals surface area (Å²) in [5.74, 6) is 0. The second kappa shape index (κ2) is 12.3. The van der Waals surface area contributed by atoms with Crippen LogP contribution in [-0.2, 0) is 13.8 Å². The topological polar surface area (TPSA) is 142 Å². The molecule has 1 aliphatic rings. The minimum atomic E-state index is -5.17. The monoisotopic (exact) mass is 358 g/mol. The summed E-state index contributed by atoms with van der Waals surface area (Å²) in [5.41, 5.74) is 0. The molecule has 3 N–H and O–H groups in total.